The quantitative estimate of drug-likeness (QED) is 0.545. The molecule has 0 aliphatic heterocycles. The van der Waals surface area contributed by atoms with Crippen LogP contribution in [0, 0.1) is 20.8 Å². The van der Waals surface area contributed by atoms with Crippen molar-refractivity contribution >= 4 is 17.6 Å². The summed E-state index contributed by atoms with van der Waals surface area (Å²) in [5, 5.41) is 2.99. The summed E-state index contributed by atoms with van der Waals surface area (Å²) in [6.07, 6.45) is 0.297. The van der Waals surface area contributed by atoms with Crippen molar-refractivity contribution in [1.29, 1.82) is 0 Å². The van der Waals surface area contributed by atoms with Crippen LogP contribution in [0.3, 0.4) is 0 Å². The van der Waals surface area contributed by atoms with Crippen LogP contribution in [-0.2, 0) is 16.1 Å². The second-order valence-corrected chi connectivity index (χ2v) is 7.38. The number of benzene rings is 2. The van der Waals surface area contributed by atoms with Crippen LogP contribution in [0.5, 0.6) is 0 Å². The Morgan fingerprint density at radius 2 is 1.73 bits per heavy atom. The highest BCUT2D eigenvalue weighted by Gasteiger charge is 2.20. The molecule has 0 fully saturated rings. The SMILES string of the molecule is CCOC(=O)c1cc(-c2ccccc2)n(CCC(=O)Nc2ccc(C)cc2C)c1C. The average molecular weight is 405 g/mol. The summed E-state index contributed by atoms with van der Waals surface area (Å²) in [5.41, 5.74) is 6.24. The fraction of sp³-hybridized carbons (Fsp3) is 0.280. The van der Waals surface area contributed by atoms with E-state index in [0.717, 1.165) is 33.8 Å². The molecule has 0 atom stereocenters. The number of esters is 1. The molecule has 156 valence electrons. The molecule has 1 N–H and O–H groups in total. The lowest BCUT2D eigenvalue weighted by atomic mass is 10.1. The van der Waals surface area contributed by atoms with E-state index < -0.39 is 0 Å². The number of rotatable bonds is 7. The van der Waals surface area contributed by atoms with E-state index in [4.69, 9.17) is 4.74 Å². The van der Waals surface area contributed by atoms with Gasteiger partial charge in [0.2, 0.25) is 5.91 Å². The molecule has 5 nitrogen and oxygen atoms in total. The highest BCUT2D eigenvalue weighted by molar-refractivity contribution is 5.93. The molecule has 1 amide bonds. The molecule has 3 aromatic rings. The van der Waals surface area contributed by atoms with Crippen LogP contribution in [0.25, 0.3) is 11.3 Å². The maximum Gasteiger partial charge on any atom is 0.339 e. The first-order chi connectivity index (χ1) is 14.4. The third-order valence-corrected chi connectivity index (χ3v) is 5.15. The molecule has 0 aliphatic rings. The molecule has 0 saturated carbocycles. The maximum absolute atomic E-state index is 12.6. The Morgan fingerprint density at radius 1 is 1.00 bits per heavy atom. The topological polar surface area (TPSA) is 60.3 Å². The van der Waals surface area contributed by atoms with Gasteiger partial charge in [-0.1, -0.05) is 48.0 Å². The van der Waals surface area contributed by atoms with E-state index in [9.17, 15) is 9.59 Å². The second-order valence-electron chi connectivity index (χ2n) is 7.38. The fourth-order valence-corrected chi connectivity index (χ4v) is 3.58. The summed E-state index contributed by atoms with van der Waals surface area (Å²) in [5.74, 6) is -0.405. The van der Waals surface area contributed by atoms with Gasteiger partial charge in [-0.25, -0.2) is 4.79 Å². The van der Waals surface area contributed by atoms with Gasteiger partial charge in [-0.2, -0.15) is 0 Å². The van der Waals surface area contributed by atoms with Crippen molar-refractivity contribution in [2.45, 2.75) is 40.7 Å². The summed E-state index contributed by atoms with van der Waals surface area (Å²) in [4.78, 5) is 25.0. The lowest BCUT2D eigenvalue weighted by molar-refractivity contribution is -0.116. The maximum atomic E-state index is 12.6. The molecule has 30 heavy (non-hydrogen) atoms. The van der Waals surface area contributed by atoms with Crippen LogP contribution < -0.4 is 5.32 Å². The zero-order valence-corrected chi connectivity index (χ0v) is 18.0. The molecular formula is C25H28N2O3. The monoisotopic (exact) mass is 404 g/mol. The van der Waals surface area contributed by atoms with E-state index in [1.165, 1.54) is 0 Å². The average Bonchev–Trinajstić information content (AvgIpc) is 3.06. The second kappa shape index (κ2) is 9.44. The minimum Gasteiger partial charge on any atom is -0.462 e. The number of nitrogens with one attached hydrogen (secondary N) is 1. The molecule has 1 heterocycles. The number of ether oxygens (including phenoxy) is 1. The molecule has 5 heteroatoms. The van der Waals surface area contributed by atoms with E-state index in [-0.39, 0.29) is 11.9 Å². The van der Waals surface area contributed by atoms with Crippen molar-refractivity contribution in [1.82, 2.24) is 4.57 Å². The van der Waals surface area contributed by atoms with Crippen LogP contribution in [-0.4, -0.2) is 23.1 Å². The third-order valence-electron chi connectivity index (χ3n) is 5.15. The van der Waals surface area contributed by atoms with Crippen LogP contribution in [0.1, 0.15) is 40.5 Å². The van der Waals surface area contributed by atoms with Crippen molar-refractivity contribution < 1.29 is 14.3 Å². The molecule has 2 aromatic carbocycles. The fourth-order valence-electron chi connectivity index (χ4n) is 3.58. The predicted octanol–water partition coefficient (Wildman–Crippen LogP) is 5.29. The number of hydrogen-bond acceptors (Lipinski definition) is 3. The number of anilines is 1. The Bertz CT molecular complexity index is 1050. The summed E-state index contributed by atoms with van der Waals surface area (Å²) >= 11 is 0. The molecule has 0 aliphatic carbocycles. The third kappa shape index (κ3) is 4.79. The van der Waals surface area contributed by atoms with Gasteiger partial charge in [-0.05, 0) is 51.0 Å². The molecule has 1 aromatic heterocycles. The zero-order valence-electron chi connectivity index (χ0n) is 18.0. The van der Waals surface area contributed by atoms with Crippen molar-refractivity contribution in [3.8, 4) is 11.3 Å². The van der Waals surface area contributed by atoms with E-state index in [2.05, 4.69) is 5.32 Å². The van der Waals surface area contributed by atoms with Gasteiger partial charge in [0.25, 0.3) is 0 Å². The normalized spacial score (nSPS) is 10.7. The van der Waals surface area contributed by atoms with E-state index in [1.54, 1.807) is 6.92 Å². The summed E-state index contributed by atoms with van der Waals surface area (Å²) < 4.78 is 7.23. The van der Waals surface area contributed by atoms with Crippen molar-refractivity contribution in [2.75, 3.05) is 11.9 Å². The highest BCUT2D eigenvalue weighted by atomic mass is 16.5. The zero-order chi connectivity index (χ0) is 21.7. The number of carbonyl (C=O) groups is 2. The van der Waals surface area contributed by atoms with Crippen LogP contribution >= 0.6 is 0 Å². The van der Waals surface area contributed by atoms with Gasteiger partial charge < -0.3 is 14.6 Å². The summed E-state index contributed by atoms with van der Waals surface area (Å²) in [6.45, 7) is 8.48. The molecular weight excluding hydrogens is 376 g/mol. The van der Waals surface area contributed by atoms with Crippen LogP contribution in [0.4, 0.5) is 5.69 Å². The first kappa shape index (κ1) is 21.4. The molecule has 0 radical (unpaired) electrons. The molecule has 0 saturated heterocycles. The number of hydrogen-bond donors (Lipinski definition) is 1. The number of aromatic nitrogens is 1. The van der Waals surface area contributed by atoms with E-state index in [1.807, 2.05) is 79.9 Å². The highest BCUT2D eigenvalue weighted by Crippen LogP contribution is 2.27. The Balaban J connectivity index is 1.83. The lowest BCUT2D eigenvalue weighted by Gasteiger charge is -2.13. The Kier molecular flexibility index (Phi) is 6.72. The Hall–Kier alpha value is -3.34. The molecule has 0 unspecified atom stereocenters. The van der Waals surface area contributed by atoms with Crippen molar-refractivity contribution in [3.63, 3.8) is 0 Å². The van der Waals surface area contributed by atoms with Gasteiger partial charge >= 0.3 is 5.97 Å². The van der Waals surface area contributed by atoms with Crippen LogP contribution in [0.15, 0.2) is 54.6 Å². The number of aryl methyl sites for hydroxylation is 2. The molecule has 0 bridgehead atoms. The lowest BCUT2D eigenvalue weighted by Crippen LogP contribution is -2.16. The standard InChI is InChI=1S/C25H28N2O3/c1-5-30-25(29)21-16-23(20-9-7-6-8-10-20)27(19(21)4)14-13-24(28)26-22-12-11-17(2)15-18(22)3/h6-12,15-16H,5,13-14H2,1-4H3,(H,26,28). The largest absolute Gasteiger partial charge is 0.462 e. The van der Waals surface area contributed by atoms with Crippen LogP contribution in [0.2, 0.25) is 0 Å². The first-order valence-corrected chi connectivity index (χ1v) is 10.2. The molecule has 3 rings (SSSR count). The minimum atomic E-state index is -0.342. The van der Waals surface area contributed by atoms with Crippen molar-refractivity contribution in [2.24, 2.45) is 0 Å². The van der Waals surface area contributed by atoms with E-state index in [0.29, 0.717) is 25.1 Å². The number of carbonyl (C=O) groups excluding carboxylic acids is 2. The number of nitrogens with zero attached hydrogens (tertiary/aromatic N) is 1. The summed E-state index contributed by atoms with van der Waals surface area (Å²) in [6, 6.07) is 17.7. The Labute approximate surface area is 177 Å². The minimum absolute atomic E-state index is 0.0632. The Morgan fingerprint density at radius 3 is 2.40 bits per heavy atom. The van der Waals surface area contributed by atoms with Gasteiger partial charge in [0.1, 0.15) is 0 Å². The van der Waals surface area contributed by atoms with Gasteiger partial charge in [-0.15, -0.1) is 0 Å². The first-order valence-electron chi connectivity index (χ1n) is 10.2. The van der Waals surface area contributed by atoms with E-state index >= 15 is 0 Å². The van der Waals surface area contributed by atoms with Gasteiger partial charge in [-0.3, -0.25) is 4.79 Å². The smallest absolute Gasteiger partial charge is 0.339 e. The summed E-state index contributed by atoms with van der Waals surface area (Å²) in [7, 11) is 0. The predicted molar refractivity (Wildman–Crippen MR) is 120 cm³/mol. The van der Waals surface area contributed by atoms with Crippen molar-refractivity contribution in [3.05, 3.63) is 77.0 Å². The van der Waals surface area contributed by atoms with Gasteiger partial charge in [0.05, 0.1) is 12.2 Å². The van der Waals surface area contributed by atoms with Gasteiger partial charge in [0, 0.05) is 30.0 Å². The van der Waals surface area contributed by atoms with Gasteiger partial charge in [0.15, 0.2) is 0 Å². The number of amides is 1. The molecule has 0 spiro atoms.